The van der Waals surface area contributed by atoms with E-state index in [9.17, 15) is 18.0 Å². The van der Waals surface area contributed by atoms with Crippen LogP contribution in [0.2, 0.25) is 0 Å². The second-order valence-corrected chi connectivity index (χ2v) is 5.11. The Bertz CT molecular complexity index is 695. The zero-order chi connectivity index (χ0) is 14.9. The molecule has 0 radical (unpaired) electrons. The predicted octanol–water partition coefficient (Wildman–Crippen LogP) is 3.26. The number of aromatic nitrogens is 1. The van der Waals surface area contributed by atoms with E-state index in [1.165, 1.54) is 29.0 Å². The fraction of sp³-hybridized carbons (Fsp3) is 0.154. The van der Waals surface area contributed by atoms with Crippen LogP contribution in [0, 0.1) is 0 Å². The van der Waals surface area contributed by atoms with Crippen LogP contribution in [0.5, 0.6) is 0 Å². The van der Waals surface area contributed by atoms with E-state index >= 15 is 0 Å². The maximum Gasteiger partial charge on any atom is 0.416 e. The van der Waals surface area contributed by atoms with Crippen LogP contribution >= 0.6 is 15.9 Å². The molecule has 1 heterocycles. The smallest absolute Gasteiger partial charge is 0.398 e. The summed E-state index contributed by atoms with van der Waals surface area (Å²) in [6.07, 6.45) is -3.01. The molecule has 0 atom stereocenters. The van der Waals surface area contributed by atoms with Gasteiger partial charge in [-0.2, -0.15) is 13.2 Å². The van der Waals surface area contributed by atoms with Gasteiger partial charge in [0.15, 0.2) is 0 Å². The average molecular weight is 347 g/mol. The molecule has 1 aromatic carbocycles. The summed E-state index contributed by atoms with van der Waals surface area (Å²) >= 11 is 3.06. The largest absolute Gasteiger partial charge is 0.416 e. The van der Waals surface area contributed by atoms with Crippen molar-refractivity contribution in [3.8, 4) is 0 Å². The molecule has 0 fully saturated rings. The zero-order valence-corrected chi connectivity index (χ0v) is 11.7. The van der Waals surface area contributed by atoms with E-state index < -0.39 is 11.7 Å². The van der Waals surface area contributed by atoms with Gasteiger partial charge in [-0.3, -0.25) is 4.79 Å². The van der Waals surface area contributed by atoms with Gasteiger partial charge < -0.3 is 10.3 Å². The van der Waals surface area contributed by atoms with Gasteiger partial charge in [0.2, 0.25) is 0 Å². The van der Waals surface area contributed by atoms with Crippen LogP contribution in [-0.2, 0) is 12.7 Å². The van der Waals surface area contributed by atoms with E-state index in [1.807, 2.05) is 0 Å². The lowest BCUT2D eigenvalue weighted by Gasteiger charge is -2.11. The van der Waals surface area contributed by atoms with E-state index in [2.05, 4.69) is 15.9 Å². The molecule has 2 N–H and O–H groups in total. The minimum atomic E-state index is -4.41. The molecule has 0 unspecified atom stereocenters. The van der Waals surface area contributed by atoms with Crippen LogP contribution in [0.1, 0.15) is 11.1 Å². The number of nitrogens with two attached hydrogens (primary N) is 1. The molecule has 2 rings (SSSR count). The van der Waals surface area contributed by atoms with Crippen molar-refractivity contribution in [3.63, 3.8) is 0 Å². The summed E-state index contributed by atoms with van der Waals surface area (Å²) in [5.41, 5.74) is 5.24. The number of benzene rings is 1. The standard InChI is InChI=1S/C13H10BrF3N2O/c14-11-5-10(18)7-19(12(11)20)6-8-2-1-3-9(4-8)13(15,16)17/h1-5,7H,6,18H2. The molecule has 0 spiro atoms. The molecule has 106 valence electrons. The molecule has 0 saturated carbocycles. The van der Waals surface area contributed by atoms with Crippen molar-refractivity contribution >= 4 is 21.6 Å². The van der Waals surface area contributed by atoms with Crippen molar-refractivity contribution < 1.29 is 13.2 Å². The van der Waals surface area contributed by atoms with E-state index in [1.54, 1.807) is 0 Å². The number of hydrogen-bond donors (Lipinski definition) is 1. The molecule has 0 amide bonds. The average Bonchev–Trinajstić information content (AvgIpc) is 2.35. The van der Waals surface area contributed by atoms with Crippen molar-refractivity contribution in [2.24, 2.45) is 0 Å². The Hall–Kier alpha value is -1.76. The Kier molecular flexibility index (Phi) is 3.89. The first-order valence-corrected chi connectivity index (χ1v) is 6.38. The van der Waals surface area contributed by atoms with Crippen molar-refractivity contribution in [1.82, 2.24) is 4.57 Å². The van der Waals surface area contributed by atoms with Gasteiger partial charge in [0.25, 0.3) is 5.56 Å². The second-order valence-electron chi connectivity index (χ2n) is 4.25. The predicted molar refractivity (Wildman–Crippen MR) is 73.4 cm³/mol. The number of anilines is 1. The maximum atomic E-state index is 12.6. The first kappa shape index (κ1) is 14.6. The van der Waals surface area contributed by atoms with Gasteiger partial charge in [-0.25, -0.2) is 0 Å². The molecule has 0 aliphatic rings. The molecule has 2 aromatic rings. The van der Waals surface area contributed by atoms with Crippen molar-refractivity contribution in [1.29, 1.82) is 0 Å². The van der Waals surface area contributed by atoms with Crippen molar-refractivity contribution in [2.45, 2.75) is 12.7 Å². The molecule has 0 aliphatic carbocycles. The maximum absolute atomic E-state index is 12.6. The van der Waals surface area contributed by atoms with E-state index in [4.69, 9.17) is 5.73 Å². The topological polar surface area (TPSA) is 48.0 Å². The number of alkyl halides is 3. The Labute approximate surface area is 121 Å². The summed E-state index contributed by atoms with van der Waals surface area (Å²) in [5, 5.41) is 0. The van der Waals surface area contributed by atoms with Crippen molar-refractivity contribution in [2.75, 3.05) is 5.73 Å². The molecule has 0 saturated heterocycles. The molecule has 1 aromatic heterocycles. The molecule has 0 aliphatic heterocycles. The highest BCUT2D eigenvalue weighted by molar-refractivity contribution is 9.10. The summed E-state index contributed by atoms with van der Waals surface area (Å²) < 4.78 is 39.4. The Morgan fingerprint density at radius 3 is 2.60 bits per heavy atom. The van der Waals surface area contributed by atoms with Crippen LogP contribution in [0.4, 0.5) is 18.9 Å². The first-order chi connectivity index (χ1) is 9.27. The first-order valence-electron chi connectivity index (χ1n) is 5.59. The van der Waals surface area contributed by atoms with Crippen LogP contribution in [0.15, 0.2) is 45.8 Å². The number of halogens is 4. The number of nitrogen functional groups attached to an aromatic ring is 1. The highest BCUT2D eigenvalue weighted by atomic mass is 79.9. The SMILES string of the molecule is Nc1cc(Br)c(=O)n(Cc2cccc(C(F)(F)F)c2)c1. The highest BCUT2D eigenvalue weighted by Gasteiger charge is 2.30. The molecule has 3 nitrogen and oxygen atoms in total. The fourth-order valence-corrected chi connectivity index (χ4v) is 2.27. The quantitative estimate of drug-likeness (QED) is 0.907. The van der Waals surface area contributed by atoms with Crippen LogP contribution in [-0.4, -0.2) is 4.57 Å². The van der Waals surface area contributed by atoms with Gasteiger partial charge in [-0.1, -0.05) is 12.1 Å². The Balaban J connectivity index is 2.39. The van der Waals surface area contributed by atoms with E-state index in [-0.39, 0.29) is 16.6 Å². The minimum absolute atomic E-state index is 0.0202. The van der Waals surface area contributed by atoms with E-state index in [0.29, 0.717) is 11.3 Å². The Morgan fingerprint density at radius 2 is 1.95 bits per heavy atom. The van der Waals surface area contributed by atoms with Crippen molar-refractivity contribution in [3.05, 3.63) is 62.5 Å². The molecular weight excluding hydrogens is 337 g/mol. The lowest BCUT2D eigenvalue weighted by molar-refractivity contribution is -0.137. The monoisotopic (exact) mass is 346 g/mol. The summed E-state index contributed by atoms with van der Waals surface area (Å²) in [5.74, 6) is 0. The summed E-state index contributed by atoms with van der Waals surface area (Å²) in [6, 6.07) is 6.29. The third-order valence-electron chi connectivity index (χ3n) is 2.67. The van der Waals surface area contributed by atoms with Crippen LogP contribution in [0.25, 0.3) is 0 Å². The third-order valence-corrected chi connectivity index (χ3v) is 3.24. The minimum Gasteiger partial charge on any atom is -0.398 e. The van der Waals surface area contributed by atoms with Crippen LogP contribution in [0.3, 0.4) is 0 Å². The summed E-state index contributed by atoms with van der Waals surface area (Å²) in [6.45, 7) is 0.0202. The molecular formula is C13H10BrF3N2O. The fourth-order valence-electron chi connectivity index (χ4n) is 1.78. The number of hydrogen-bond acceptors (Lipinski definition) is 2. The van der Waals surface area contributed by atoms with E-state index in [0.717, 1.165) is 12.1 Å². The number of rotatable bonds is 2. The second kappa shape index (κ2) is 5.32. The lowest BCUT2D eigenvalue weighted by Crippen LogP contribution is -2.21. The number of nitrogens with zero attached hydrogens (tertiary/aromatic N) is 1. The molecule has 0 bridgehead atoms. The van der Waals surface area contributed by atoms with Gasteiger partial charge in [0.05, 0.1) is 16.6 Å². The van der Waals surface area contributed by atoms with Crippen LogP contribution < -0.4 is 11.3 Å². The Morgan fingerprint density at radius 1 is 1.25 bits per heavy atom. The van der Waals surface area contributed by atoms with Gasteiger partial charge in [-0.05, 0) is 39.7 Å². The van der Waals surface area contributed by atoms with Gasteiger partial charge in [0.1, 0.15) is 0 Å². The normalized spacial score (nSPS) is 11.6. The summed E-state index contributed by atoms with van der Waals surface area (Å²) in [7, 11) is 0. The van der Waals surface area contributed by atoms with Gasteiger partial charge in [-0.15, -0.1) is 0 Å². The lowest BCUT2D eigenvalue weighted by atomic mass is 10.1. The number of pyridine rings is 1. The highest BCUT2D eigenvalue weighted by Crippen LogP contribution is 2.29. The zero-order valence-electron chi connectivity index (χ0n) is 10.1. The summed E-state index contributed by atoms with van der Waals surface area (Å²) in [4.78, 5) is 11.8. The molecule has 20 heavy (non-hydrogen) atoms. The van der Waals surface area contributed by atoms with Gasteiger partial charge in [0, 0.05) is 11.9 Å². The molecule has 7 heteroatoms. The third kappa shape index (κ3) is 3.22. The van der Waals surface area contributed by atoms with Gasteiger partial charge >= 0.3 is 6.18 Å².